The van der Waals surface area contributed by atoms with E-state index in [-0.39, 0.29) is 11.8 Å². The van der Waals surface area contributed by atoms with Crippen molar-refractivity contribution in [3.8, 4) is 5.75 Å². The van der Waals surface area contributed by atoms with Crippen molar-refractivity contribution in [2.45, 2.75) is 20.3 Å². The summed E-state index contributed by atoms with van der Waals surface area (Å²) >= 11 is 0. The van der Waals surface area contributed by atoms with Crippen molar-refractivity contribution in [1.29, 1.82) is 0 Å². The molecule has 1 atom stereocenters. The summed E-state index contributed by atoms with van der Waals surface area (Å²) < 4.78 is 5.82. The van der Waals surface area contributed by atoms with Crippen LogP contribution in [0.2, 0.25) is 0 Å². The highest BCUT2D eigenvalue weighted by Gasteiger charge is 2.30. The van der Waals surface area contributed by atoms with Crippen molar-refractivity contribution in [1.82, 2.24) is 0 Å². The third-order valence-electron chi connectivity index (χ3n) is 4.68. The minimum Gasteiger partial charge on any atom is -0.492 e. The Bertz CT molecular complexity index is 773. The first-order valence-corrected chi connectivity index (χ1v) is 8.98. The molecule has 0 spiro atoms. The van der Waals surface area contributed by atoms with Crippen LogP contribution in [0.3, 0.4) is 0 Å². The number of carbonyl (C=O) groups is 2. The Morgan fingerprint density at radius 1 is 1.12 bits per heavy atom. The number of benzene rings is 2. The van der Waals surface area contributed by atoms with Crippen LogP contribution < -0.4 is 14.5 Å². The number of ether oxygens (including phenoxy) is 1. The van der Waals surface area contributed by atoms with Gasteiger partial charge < -0.3 is 14.5 Å². The maximum absolute atomic E-state index is 12.8. The molecule has 0 fully saturated rings. The van der Waals surface area contributed by atoms with Crippen molar-refractivity contribution in [2.24, 2.45) is 5.92 Å². The van der Waals surface area contributed by atoms with Crippen molar-refractivity contribution >= 4 is 23.7 Å². The molecule has 0 aliphatic carbocycles. The van der Waals surface area contributed by atoms with E-state index >= 15 is 0 Å². The molecule has 0 radical (unpaired) electrons. The summed E-state index contributed by atoms with van der Waals surface area (Å²) in [7, 11) is 0. The van der Waals surface area contributed by atoms with Gasteiger partial charge in [-0.1, -0.05) is 38.1 Å². The predicted molar refractivity (Wildman–Crippen MR) is 103 cm³/mol. The minimum atomic E-state index is -0.267. The van der Waals surface area contributed by atoms with Crippen molar-refractivity contribution in [3.05, 3.63) is 54.1 Å². The summed E-state index contributed by atoms with van der Waals surface area (Å²) in [6.07, 6.45) is 1.78. The smallest absolute Gasteiger partial charge is 0.231 e. The summed E-state index contributed by atoms with van der Waals surface area (Å²) in [5, 5.41) is 0. The fourth-order valence-corrected chi connectivity index (χ4v) is 3.20. The number of fused-ring (bicyclic) bond motifs is 1. The first kappa shape index (κ1) is 18.0. The molecular weight excluding hydrogens is 328 g/mol. The second-order valence-electron chi connectivity index (χ2n) is 6.48. The standard InChI is InChI=1S/C21H24N2O3/c1-3-17-8-10-18(11-9-17)26-13-12-23-20-7-5-4-6-19(20)22(15-24)14-16(2)21(23)25/h4-11,15-16H,3,12-14H2,1-2H3. The molecule has 0 saturated carbocycles. The predicted octanol–water partition coefficient (Wildman–Crippen LogP) is 3.27. The van der Waals surface area contributed by atoms with Gasteiger partial charge in [-0.05, 0) is 36.2 Å². The SMILES string of the molecule is CCc1ccc(OCCN2C(=O)C(C)CN(C=O)c3ccccc32)cc1. The fraction of sp³-hybridized carbons (Fsp3) is 0.333. The third-order valence-corrected chi connectivity index (χ3v) is 4.68. The van der Waals surface area contributed by atoms with E-state index in [2.05, 4.69) is 6.92 Å². The largest absolute Gasteiger partial charge is 0.492 e. The van der Waals surface area contributed by atoms with E-state index in [4.69, 9.17) is 4.74 Å². The molecule has 1 aliphatic rings. The Kier molecular flexibility index (Phi) is 5.56. The van der Waals surface area contributed by atoms with Crippen LogP contribution in [-0.4, -0.2) is 32.0 Å². The number of hydrogen-bond acceptors (Lipinski definition) is 3. The normalized spacial score (nSPS) is 16.8. The van der Waals surface area contributed by atoms with Crippen LogP contribution in [0.4, 0.5) is 11.4 Å². The van der Waals surface area contributed by atoms with Crippen LogP contribution in [-0.2, 0) is 16.0 Å². The Morgan fingerprint density at radius 3 is 2.46 bits per heavy atom. The molecule has 0 bridgehead atoms. The van der Waals surface area contributed by atoms with E-state index in [0.717, 1.165) is 30.0 Å². The van der Waals surface area contributed by atoms with Gasteiger partial charge in [0.05, 0.1) is 23.8 Å². The summed E-state index contributed by atoms with van der Waals surface area (Å²) in [4.78, 5) is 27.6. The highest BCUT2D eigenvalue weighted by molar-refractivity contribution is 6.02. The Labute approximate surface area is 154 Å². The van der Waals surface area contributed by atoms with Crippen molar-refractivity contribution < 1.29 is 14.3 Å². The van der Waals surface area contributed by atoms with Crippen LogP contribution in [0.5, 0.6) is 5.75 Å². The van der Waals surface area contributed by atoms with Crippen LogP contribution in [0.1, 0.15) is 19.4 Å². The highest BCUT2D eigenvalue weighted by atomic mass is 16.5. The van der Waals surface area contributed by atoms with Gasteiger partial charge >= 0.3 is 0 Å². The van der Waals surface area contributed by atoms with Gasteiger partial charge in [0.15, 0.2) is 0 Å². The molecule has 1 unspecified atom stereocenters. The molecule has 0 N–H and O–H groups in total. The van der Waals surface area contributed by atoms with Gasteiger partial charge in [0, 0.05) is 6.54 Å². The molecule has 3 rings (SSSR count). The molecule has 136 valence electrons. The topological polar surface area (TPSA) is 49.9 Å². The zero-order valence-electron chi connectivity index (χ0n) is 15.2. The van der Waals surface area contributed by atoms with Crippen LogP contribution in [0.15, 0.2) is 48.5 Å². The second kappa shape index (κ2) is 8.04. The van der Waals surface area contributed by atoms with E-state index in [1.165, 1.54) is 5.56 Å². The maximum Gasteiger partial charge on any atom is 0.231 e. The minimum absolute atomic E-state index is 0.00623. The van der Waals surface area contributed by atoms with Crippen molar-refractivity contribution in [3.63, 3.8) is 0 Å². The number of rotatable bonds is 6. The van der Waals surface area contributed by atoms with Crippen molar-refractivity contribution in [2.75, 3.05) is 29.5 Å². The lowest BCUT2D eigenvalue weighted by molar-refractivity contribution is -0.121. The molecule has 1 aliphatic heterocycles. The molecule has 5 nitrogen and oxygen atoms in total. The summed E-state index contributed by atoms with van der Waals surface area (Å²) in [5.74, 6) is 0.531. The van der Waals surface area contributed by atoms with Gasteiger partial charge in [-0.25, -0.2) is 0 Å². The lowest BCUT2D eigenvalue weighted by Crippen LogP contribution is -2.38. The lowest BCUT2D eigenvalue weighted by atomic mass is 10.1. The fourth-order valence-electron chi connectivity index (χ4n) is 3.20. The Morgan fingerprint density at radius 2 is 1.81 bits per heavy atom. The van der Waals surface area contributed by atoms with E-state index in [1.54, 1.807) is 9.80 Å². The zero-order chi connectivity index (χ0) is 18.5. The molecule has 26 heavy (non-hydrogen) atoms. The van der Waals surface area contributed by atoms with Gasteiger partial charge in [-0.2, -0.15) is 0 Å². The number of nitrogens with zero attached hydrogens (tertiary/aromatic N) is 2. The Hall–Kier alpha value is -2.82. The summed E-state index contributed by atoms with van der Waals surface area (Å²) in [5.41, 5.74) is 2.77. The van der Waals surface area contributed by atoms with Gasteiger partial charge in [-0.3, -0.25) is 9.59 Å². The average molecular weight is 352 g/mol. The number of anilines is 2. The molecule has 2 amide bonds. The lowest BCUT2D eigenvalue weighted by Gasteiger charge is -2.24. The molecule has 2 aromatic rings. The maximum atomic E-state index is 12.8. The summed E-state index contributed by atoms with van der Waals surface area (Å²) in [6, 6.07) is 15.5. The zero-order valence-corrected chi connectivity index (χ0v) is 15.2. The van der Waals surface area contributed by atoms with Gasteiger partial charge in [0.2, 0.25) is 12.3 Å². The number of carbonyl (C=O) groups excluding carboxylic acids is 2. The molecule has 2 aromatic carbocycles. The van der Waals surface area contributed by atoms with E-state index < -0.39 is 0 Å². The third kappa shape index (κ3) is 3.72. The van der Waals surface area contributed by atoms with Crippen LogP contribution >= 0.6 is 0 Å². The Balaban J connectivity index is 1.75. The molecular formula is C21H24N2O3. The number of hydrogen-bond donors (Lipinski definition) is 0. The van der Waals surface area contributed by atoms with Gasteiger partial charge in [0.1, 0.15) is 12.4 Å². The molecule has 0 aromatic heterocycles. The van der Waals surface area contributed by atoms with Crippen LogP contribution in [0, 0.1) is 5.92 Å². The average Bonchev–Trinajstić information content (AvgIpc) is 2.78. The number of amides is 2. The van der Waals surface area contributed by atoms with Gasteiger partial charge in [0.25, 0.3) is 0 Å². The number of aryl methyl sites for hydroxylation is 1. The molecule has 5 heteroatoms. The summed E-state index contributed by atoms with van der Waals surface area (Å²) in [6.45, 7) is 5.17. The van der Waals surface area contributed by atoms with Gasteiger partial charge in [-0.15, -0.1) is 0 Å². The van der Waals surface area contributed by atoms with E-state index in [9.17, 15) is 9.59 Å². The molecule has 0 saturated heterocycles. The van der Waals surface area contributed by atoms with Crippen LogP contribution in [0.25, 0.3) is 0 Å². The number of para-hydroxylation sites is 2. The highest BCUT2D eigenvalue weighted by Crippen LogP contribution is 2.33. The second-order valence-corrected chi connectivity index (χ2v) is 6.48. The quantitative estimate of drug-likeness (QED) is 0.750. The first-order valence-electron chi connectivity index (χ1n) is 8.98. The first-order chi connectivity index (χ1) is 12.6. The van der Waals surface area contributed by atoms with E-state index in [0.29, 0.717) is 19.7 Å². The van der Waals surface area contributed by atoms with E-state index in [1.807, 2.05) is 55.5 Å². The monoisotopic (exact) mass is 352 g/mol. The molecule has 1 heterocycles.